The van der Waals surface area contributed by atoms with Gasteiger partial charge in [-0.3, -0.25) is 9.59 Å². The molecule has 0 radical (unpaired) electrons. The van der Waals surface area contributed by atoms with Gasteiger partial charge in [0.05, 0.1) is 11.1 Å². The second-order valence-electron chi connectivity index (χ2n) is 5.22. The Morgan fingerprint density at radius 3 is 2.56 bits per heavy atom. The summed E-state index contributed by atoms with van der Waals surface area (Å²) in [6, 6.07) is 6.32. The number of hydrogen-bond acceptors (Lipinski definition) is 3. The Bertz CT molecular complexity index is 518. The number of benzene rings is 1. The minimum Gasteiger partial charge on any atom is -0.508 e. The van der Waals surface area contributed by atoms with Crippen molar-refractivity contribution < 1.29 is 14.7 Å². The van der Waals surface area contributed by atoms with Gasteiger partial charge in [0.25, 0.3) is 0 Å². The van der Waals surface area contributed by atoms with Crippen LogP contribution < -0.4 is 4.90 Å². The molecule has 1 N–H and O–H groups in total. The molecule has 1 saturated heterocycles. The molecule has 0 bridgehead atoms. The summed E-state index contributed by atoms with van der Waals surface area (Å²) in [6.07, 6.45) is 3.99. The number of carbonyl (C=O) groups is 2. The Labute approximate surface area is 105 Å². The number of phenols is 1. The third-order valence-corrected chi connectivity index (χ3v) is 4.04. The smallest absolute Gasteiger partial charge is 0.240 e. The summed E-state index contributed by atoms with van der Waals surface area (Å²) >= 11 is 0. The molecule has 1 saturated carbocycles. The Hall–Kier alpha value is -1.84. The van der Waals surface area contributed by atoms with Crippen LogP contribution in [0.3, 0.4) is 0 Å². The highest BCUT2D eigenvalue weighted by atomic mass is 16.3. The molecular weight excluding hydrogens is 230 g/mol. The van der Waals surface area contributed by atoms with Gasteiger partial charge in [0, 0.05) is 12.5 Å². The molecule has 0 unspecified atom stereocenters. The van der Waals surface area contributed by atoms with Crippen molar-refractivity contribution in [3.63, 3.8) is 0 Å². The van der Waals surface area contributed by atoms with Gasteiger partial charge in [-0.2, -0.15) is 0 Å². The summed E-state index contributed by atoms with van der Waals surface area (Å²) < 4.78 is 0. The Morgan fingerprint density at radius 1 is 1.17 bits per heavy atom. The summed E-state index contributed by atoms with van der Waals surface area (Å²) in [7, 11) is 0. The van der Waals surface area contributed by atoms with Crippen molar-refractivity contribution in [1.29, 1.82) is 0 Å². The average molecular weight is 245 g/mol. The van der Waals surface area contributed by atoms with E-state index in [1.807, 2.05) is 0 Å². The van der Waals surface area contributed by atoms with Crippen molar-refractivity contribution in [2.75, 3.05) is 4.90 Å². The maximum absolute atomic E-state index is 12.5. The standard InChI is InChI=1S/C14H15NO3/c16-11-5-3-4-10(8-11)15-12(17)9-14(13(15)18)6-1-2-7-14/h3-5,8,16H,1-2,6-7,9H2. The first kappa shape index (κ1) is 11.3. The predicted octanol–water partition coefficient (Wildman–Crippen LogP) is 2.22. The number of nitrogens with zero attached hydrogens (tertiary/aromatic N) is 1. The maximum atomic E-state index is 12.5. The van der Waals surface area contributed by atoms with Crippen molar-refractivity contribution in [2.45, 2.75) is 32.1 Å². The number of imide groups is 1. The van der Waals surface area contributed by atoms with Crippen molar-refractivity contribution >= 4 is 17.5 Å². The van der Waals surface area contributed by atoms with E-state index >= 15 is 0 Å². The number of aromatic hydroxyl groups is 1. The first-order chi connectivity index (χ1) is 8.62. The summed E-state index contributed by atoms with van der Waals surface area (Å²) in [5.74, 6) is -0.163. The highest BCUT2D eigenvalue weighted by Crippen LogP contribution is 2.48. The molecule has 1 aliphatic carbocycles. The highest BCUT2D eigenvalue weighted by Gasteiger charge is 2.53. The van der Waals surface area contributed by atoms with E-state index in [-0.39, 0.29) is 17.6 Å². The van der Waals surface area contributed by atoms with E-state index in [9.17, 15) is 14.7 Å². The third-order valence-electron chi connectivity index (χ3n) is 4.04. The first-order valence-corrected chi connectivity index (χ1v) is 6.29. The second kappa shape index (κ2) is 3.83. The molecule has 1 spiro atoms. The number of amides is 2. The molecule has 4 nitrogen and oxygen atoms in total. The SMILES string of the molecule is O=C1CC2(CCCC2)C(=O)N1c1cccc(O)c1. The van der Waals surface area contributed by atoms with Crippen LogP contribution in [-0.2, 0) is 9.59 Å². The second-order valence-corrected chi connectivity index (χ2v) is 5.22. The molecule has 1 aliphatic heterocycles. The minimum absolute atomic E-state index is 0.0699. The molecule has 94 valence electrons. The van der Waals surface area contributed by atoms with E-state index in [0.29, 0.717) is 12.1 Å². The molecule has 3 rings (SSSR count). The predicted molar refractivity (Wildman–Crippen MR) is 66.1 cm³/mol. The van der Waals surface area contributed by atoms with Crippen LogP contribution in [0, 0.1) is 5.41 Å². The number of hydrogen-bond donors (Lipinski definition) is 1. The third kappa shape index (κ3) is 1.52. The van der Waals surface area contributed by atoms with Gasteiger partial charge < -0.3 is 5.11 Å². The van der Waals surface area contributed by atoms with Crippen LogP contribution >= 0.6 is 0 Å². The van der Waals surface area contributed by atoms with Crippen LogP contribution in [0.5, 0.6) is 5.75 Å². The molecule has 1 aromatic carbocycles. The van der Waals surface area contributed by atoms with Crippen molar-refractivity contribution in [3.05, 3.63) is 24.3 Å². The van der Waals surface area contributed by atoms with Gasteiger partial charge in [-0.15, -0.1) is 0 Å². The highest BCUT2D eigenvalue weighted by molar-refractivity contribution is 6.22. The Kier molecular flexibility index (Phi) is 2.40. The lowest BCUT2D eigenvalue weighted by atomic mass is 9.84. The lowest BCUT2D eigenvalue weighted by Crippen LogP contribution is -2.34. The monoisotopic (exact) mass is 245 g/mol. The van der Waals surface area contributed by atoms with E-state index < -0.39 is 5.41 Å². The number of carbonyl (C=O) groups excluding carboxylic acids is 2. The summed E-state index contributed by atoms with van der Waals surface area (Å²) in [4.78, 5) is 25.8. The molecule has 0 aromatic heterocycles. The van der Waals surface area contributed by atoms with E-state index in [1.165, 1.54) is 17.0 Å². The molecule has 2 aliphatic rings. The van der Waals surface area contributed by atoms with Gasteiger partial charge >= 0.3 is 0 Å². The van der Waals surface area contributed by atoms with Gasteiger partial charge in [0.2, 0.25) is 11.8 Å². The zero-order chi connectivity index (χ0) is 12.8. The van der Waals surface area contributed by atoms with E-state index in [2.05, 4.69) is 0 Å². The van der Waals surface area contributed by atoms with Gasteiger partial charge in [-0.25, -0.2) is 4.90 Å². The van der Waals surface area contributed by atoms with Crippen LogP contribution in [0.15, 0.2) is 24.3 Å². The minimum atomic E-state index is -0.456. The number of rotatable bonds is 1. The van der Waals surface area contributed by atoms with E-state index in [1.54, 1.807) is 12.1 Å². The molecular formula is C14H15NO3. The zero-order valence-corrected chi connectivity index (χ0v) is 10.1. The zero-order valence-electron chi connectivity index (χ0n) is 10.1. The largest absolute Gasteiger partial charge is 0.508 e. The number of anilines is 1. The van der Waals surface area contributed by atoms with E-state index in [4.69, 9.17) is 0 Å². The molecule has 1 aromatic rings. The fourth-order valence-corrected chi connectivity index (χ4v) is 3.13. The first-order valence-electron chi connectivity index (χ1n) is 6.29. The van der Waals surface area contributed by atoms with Crippen LogP contribution in [0.25, 0.3) is 0 Å². The molecule has 2 amide bonds. The molecule has 2 fully saturated rings. The average Bonchev–Trinajstić information content (AvgIpc) is 2.87. The molecule has 0 atom stereocenters. The van der Waals surface area contributed by atoms with Crippen molar-refractivity contribution in [2.24, 2.45) is 5.41 Å². The van der Waals surface area contributed by atoms with Crippen molar-refractivity contribution in [3.8, 4) is 5.75 Å². The van der Waals surface area contributed by atoms with Gasteiger partial charge in [-0.1, -0.05) is 18.9 Å². The fraction of sp³-hybridized carbons (Fsp3) is 0.429. The Morgan fingerprint density at radius 2 is 1.89 bits per heavy atom. The van der Waals surface area contributed by atoms with Crippen LogP contribution in [0.2, 0.25) is 0 Å². The topological polar surface area (TPSA) is 57.6 Å². The van der Waals surface area contributed by atoms with Crippen LogP contribution in [0.4, 0.5) is 5.69 Å². The quantitative estimate of drug-likeness (QED) is 0.772. The normalized spacial score (nSPS) is 22.1. The lowest BCUT2D eigenvalue weighted by molar-refractivity contribution is -0.125. The van der Waals surface area contributed by atoms with Crippen molar-refractivity contribution in [1.82, 2.24) is 0 Å². The summed E-state index contributed by atoms with van der Waals surface area (Å²) in [5, 5.41) is 9.45. The number of phenolic OH excluding ortho intramolecular Hbond substituents is 1. The van der Waals surface area contributed by atoms with Crippen LogP contribution in [-0.4, -0.2) is 16.9 Å². The fourth-order valence-electron chi connectivity index (χ4n) is 3.13. The Balaban J connectivity index is 1.98. The van der Waals surface area contributed by atoms with E-state index in [0.717, 1.165) is 25.7 Å². The molecule has 4 heteroatoms. The summed E-state index contributed by atoms with van der Waals surface area (Å²) in [5.41, 5.74) is 0.0245. The van der Waals surface area contributed by atoms with Gasteiger partial charge in [0.1, 0.15) is 5.75 Å². The molecule has 1 heterocycles. The lowest BCUT2D eigenvalue weighted by Gasteiger charge is -2.20. The molecule has 18 heavy (non-hydrogen) atoms. The summed E-state index contributed by atoms with van der Waals surface area (Å²) in [6.45, 7) is 0. The van der Waals surface area contributed by atoms with Gasteiger partial charge in [0.15, 0.2) is 0 Å². The van der Waals surface area contributed by atoms with Gasteiger partial charge in [-0.05, 0) is 25.0 Å². The van der Waals surface area contributed by atoms with Crippen LogP contribution in [0.1, 0.15) is 32.1 Å². The maximum Gasteiger partial charge on any atom is 0.240 e.